The average Bonchev–Trinajstić information content (AvgIpc) is 2.22. The van der Waals surface area contributed by atoms with Gasteiger partial charge < -0.3 is 34.8 Å². The topological polar surface area (TPSA) is 164 Å². The van der Waals surface area contributed by atoms with Gasteiger partial charge in [-0.2, -0.15) is 0 Å². The number of rotatable bonds is 11. The molecule has 0 fully saturated rings. The number of nitrogens with zero attached hydrogens (tertiary/aromatic N) is 2. The zero-order chi connectivity index (χ0) is 15.7. The summed E-state index contributed by atoms with van der Waals surface area (Å²) in [7, 11) is 0. The molecule has 0 aromatic rings. The van der Waals surface area contributed by atoms with E-state index in [0.717, 1.165) is 9.80 Å². The van der Waals surface area contributed by atoms with Gasteiger partial charge in [0.1, 0.15) is 0 Å². The Labute approximate surface area is 153 Å². The quantitative estimate of drug-likeness (QED) is 0.334. The Bertz CT molecular complexity index is 321. The van der Waals surface area contributed by atoms with Crippen molar-refractivity contribution in [3.8, 4) is 0 Å². The third kappa shape index (κ3) is 13.9. The summed E-state index contributed by atoms with van der Waals surface area (Å²) in [6.07, 6.45) is 0. The van der Waals surface area contributed by atoms with Crippen molar-refractivity contribution in [2.45, 2.75) is 0 Å². The molecular weight excluding hydrogens is 417 g/mol. The van der Waals surface area contributed by atoms with Crippen LogP contribution in [0.25, 0.3) is 0 Å². The molecule has 0 aliphatic rings. The van der Waals surface area contributed by atoms with Crippen LogP contribution in [0, 0.1) is 41.3 Å². The molecule has 114 valence electrons. The van der Waals surface area contributed by atoms with Crippen LogP contribution in [0.15, 0.2) is 0 Å². The first-order chi connectivity index (χ1) is 9.20. The normalized spacial score (nSPS) is 10.2. The van der Waals surface area contributed by atoms with Gasteiger partial charge in [-0.3, -0.25) is 14.6 Å². The van der Waals surface area contributed by atoms with E-state index in [1.807, 2.05) is 0 Å². The zero-order valence-electron chi connectivity index (χ0n) is 11.0. The first kappa shape index (κ1) is 22.4. The molecule has 10 nitrogen and oxygen atoms in total. The van der Waals surface area contributed by atoms with E-state index in [-0.39, 0.29) is 54.4 Å². The molecule has 0 heterocycles. The van der Waals surface area contributed by atoms with Crippen LogP contribution in [0.3, 0.4) is 0 Å². The van der Waals surface area contributed by atoms with E-state index in [2.05, 4.69) is 0 Å². The molecule has 0 aromatic heterocycles. The standard InChI is InChI=1S/C10H16N2O8.Pr/c13-7(14)3-11(4-8(15)16)1-2-12(5-9(17)18)6-10(19)20;/h1-6H2,(H,13,14)(H,15,16)(H,17,18)(H,19,20);/q;+3/p-3. The van der Waals surface area contributed by atoms with E-state index in [1.165, 1.54) is 0 Å². The number of carbonyl (C=O) groups excluding carboxylic acids is 3. The van der Waals surface area contributed by atoms with Crippen LogP contribution < -0.4 is 15.3 Å². The molecule has 21 heavy (non-hydrogen) atoms. The minimum absolute atomic E-state index is 0. The summed E-state index contributed by atoms with van der Waals surface area (Å²) < 4.78 is 0. The van der Waals surface area contributed by atoms with Crippen LogP contribution in [0.5, 0.6) is 0 Å². The maximum Gasteiger partial charge on any atom is 3.00 e. The summed E-state index contributed by atoms with van der Waals surface area (Å²) in [5.74, 6) is -5.82. The van der Waals surface area contributed by atoms with Crippen molar-refractivity contribution in [1.82, 2.24) is 9.80 Å². The van der Waals surface area contributed by atoms with E-state index in [4.69, 9.17) is 5.11 Å². The molecule has 0 bridgehead atoms. The molecule has 0 radical (unpaired) electrons. The van der Waals surface area contributed by atoms with Crippen molar-refractivity contribution < 1.29 is 80.9 Å². The van der Waals surface area contributed by atoms with Gasteiger partial charge in [-0.25, -0.2) is 0 Å². The van der Waals surface area contributed by atoms with Crippen LogP contribution in [0.2, 0.25) is 0 Å². The molecule has 0 unspecified atom stereocenters. The maximum absolute atomic E-state index is 10.5. The van der Waals surface area contributed by atoms with Crippen molar-refractivity contribution in [3.63, 3.8) is 0 Å². The van der Waals surface area contributed by atoms with E-state index in [1.54, 1.807) is 0 Å². The van der Waals surface area contributed by atoms with Crippen molar-refractivity contribution in [1.29, 1.82) is 0 Å². The summed E-state index contributed by atoms with van der Waals surface area (Å²) in [4.78, 5) is 43.7. The summed E-state index contributed by atoms with van der Waals surface area (Å²) in [5, 5.41) is 39.8. The molecule has 0 saturated heterocycles. The van der Waals surface area contributed by atoms with Gasteiger partial charge in [-0.05, 0) is 0 Å². The second-order valence-corrected chi connectivity index (χ2v) is 3.93. The summed E-state index contributed by atoms with van der Waals surface area (Å²) in [6.45, 7) is -3.00. The molecule has 0 spiro atoms. The number of hydrogen-bond acceptors (Lipinski definition) is 9. The predicted molar refractivity (Wildman–Crippen MR) is 55.5 cm³/mol. The number of hydrogen-bond donors (Lipinski definition) is 1. The number of carbonyl (C=O) groups is 4. The third-order valence-electron chi connectivity index (χ3n) is 2.15. The van der Waals surface area contributed by atoms with Crippen molar-refractivity contribution >= 4 is 23.9 Å². The Morgan fingerprint density at radius 2 is 1.00 bits per heavy atom. The first-order valence-electron chi connectivity index (χ1n) is 5.46. The minimum atomic E-state index is -1.52. The summed E-state index contributed by atoms with van der Waals surface area (Å²) >= 11 is 0. The van der Waals surface area contributed by atoms with Gasteiger partial charge in [-0.15, -0.1) is 0 Å². The van der Waals surface area contributed by atoms with Gasteiger partial charge >= 0.3 is 47.3 Å². The Kier molecular flexibility index (Phi) is 12.6. The van der Waals surface area contributed by atoms with Crippen LogP contribution in [0.4, 0.5) is 0 Å². The Balaban J connectivity index is 0. The average molecular weight is 430 g/mol. The molecular formula is C10H13N2O8Pr. The molecule has 0 rings (SSSR count). The minimum Gasteiger partial charge on any atom is -0.549 e. The zero-order valence-corrected chi connectivity index (χ0v) is 14.7. The number of carboxylic acid groups (broad SMARTS) is 4. The Hall–Kier alpha value is -0.836. The van der Waals surface area contributed by atoms with E-state index < -0.39 is 50.1 Å². The van der Waals surface area contributed by atoms with Crippen LogP contribution in [-0.2, 0) is 19.2 Å². The van der Waals surface area contributed by atoms with E-state index in [9.17, 15) is 34.5 Å². The summed E-state index contributed by atoms with van der Waals surface area (Å²) in [5.41, 5.74) is 0. The number of aliphatic carboxylic acids is 4. The SMILES string of the molecule is O=C([O-])CN(CCN(CC(=O)[O-])CC(=O)O)CC(=O)[O-].[Pr+3]. The van der Waals surface area contributed by atoms with Gasteiger partial charge in [-0.1, -0.05) is 0 Å². The van der Waals surface area contributed by atoms with Gasteiger partial charge in [0.05, 0.1) is 24.5 Å². The van der Waals surface area contributed by atoms with Gasteiger partial charge in [0.15, 0.2) is 0 Å². The fraction of sp³-hybridized carbons (Fsp3) is 0.600. The second-order valence-electron chi connectivity index (χ2n) is 3.93. The van der Waals surface area contributed by atoms with Crippen LogP contribution in [0.1, 0.15) is 0 Å². The molecule has 11 heteroatoms. The van der Waals surface area contributed by atoms with Gasteiger partial charge in [0.25, 0.3) is 0 Å². The molecule has 0 amide bonds. The maximum atomic E-state index is 10.5. The summed E-state index contributed by atoms with van der Waals surface area (Å²) in [6, 6.07) is 0. The van der Waals surface area contributed by atoms with Crippen LogP contribution >= 0.6 is 0 Å². The van der Waals surface area contributed by atoms with E-state index >= 15 is 0 Å². The van der Waals surface area contributed by atoms with Crippen molar-refractivity contribution in [3.05, 3.63) is 0 Å². The van der Waals surface area contributed by atoms with Crippen molar-refractivity contribution in [2.75, 3.05) is 39.3 Å². The monoisotopic (exact) mass is 430 g/mol. The first-order valence-corrected chi connectivity index (χ1v) is 5.46. The van der Waals surface area contributed by atoms with Gasteiger partial charge in [0, 0.05) is 32.7 Å². The fourth-order valence-corrected chi connectivity index (χ4v) is 1.45. The Morgan fingerprint density at radius 1 is 0.714 bits per heavy atom. The molecule has 0 saturated carbocycles. The molecule has 1 N–H and O–H groups in total. The third-order valence-corrected chi connectivity index (χ3v) is 2.15. The van der Waals surface area contributed by atoms with Crippen LogP contribution in [-0.4, -0.2) is 78.1 Å². The Morgan fingerprint density at radius 3 is 1.24 bits per heavy atom. The van der Waals surface area contributed by atoms with E-state index in [0.29, 0.717) is 0 Å². The molecule has 0 aromatic carbocycles. The second kappa shape index (κ2) is 11.8. The fourth-order valence-electron chi connectivity index (χ4n) is 1.45. The van der Waals surface area contributed by atoms with Gasteiger partial charge in [0.2, 0.25) is 0 Å². The molecule has 0 aliphatic carbocycles. The largest absolute Gasteiger partial charge is 3.00 e. The molecule has 0 aliphatic heterocycles. The molecule has 0 atom stereocenters. The predicted octanol–water partition coefficient (Wildman–Crippen LogP) is -6.08. The number of carboxylic acids is 4. The van der Waals surface area contributed by atoms with Crippen molar-refractivity contribution in [2.24, 2.45) is 0 Å². The smallest absolute Gasteiger partial charge is 0.549 e.